The Kier molecular flexibility index (Phi) is 2.75. The van der Waals surface area contributed by atoms with Crippen molar-refractivity contribution in [1.29, 1.82) is 0 Å². The van der Waals surface area contributed by atoms with Crippen molar-refractivity contribution >= 4 is 17.7 Å². The molecule has 14 heavy (non-hydrogen) atoms. The molecule has 1 atom stereocenters. The lowest BCUT2D eigenvalue weighted by molar-refractivity contribution is -0.124. The second-order valence-corrected chi connectivity index (χ2v) is 5.33. The minimum atomic E-state index is -0.402. The highest BCUT2D eigenvalue weighted by Gasteiger charge is 2.51. The Morgan fingerprint density at radius 3 is 2.50 bits per heavy atom. The van der Waals surface area contributed by atoms with E-state index in [1.54, 1.807) is 11.8 Å². The molecule has 2 aliphatic rings. The third kappa shape index (κ3) is 1.91. The SMILES string of the molecule is CSCC(NC1CC1)(C(N)=O)C1CC1. The lowest BCUT2D eigenvalue weighted by Gasteiger charge is -2.31. The summed E-state index contributed by atoms with van der Waals surface area (Å²) in [5.74, 6) is 1.16. The second kappa shape index (κ2) is 3.74. The van der Waals surface area contributed by atoms with Crippen LogP contribution in [0, 0.1) is 5.92 Å². The molecule has 0 heterocycles. The molecule has 3 N–H and O–H groups in total. The minimum absolute atomic E-state index is 0.152. The van der Waals surface area contributed by atoms with Crippen molar-refractivity contribution in [3.05, 3.63) is 0 Å². The van der Waals surface area contributed by atoms with E-state index in [9.17, 15) is 4.79 Å². The number of rotatable bonds is 6. The molecule has 0 aromatic heterocycles. The first-order valence-electron chi connectivity index (χ1n) is 5.25. The first-order valence-corrected chi connectivity index (χ1v) is 6.65. The monoisotopic (exact) mass is 214 g/mol. The van der Waals surface area contributed by atoms with Gasteiger partial charge >= 0.3 is 0 Å². The zero-order valence-corrected chi connectivity index (χ0v) is 9.40. The van der Waals surface area contributed by atoms with Gasteiger partial charge in [0.15, 0.2) is 0 Å². The van der Waals surface area contributed by atoms with Gasteiger partial charge in [0.25, 0.3) is 0 Å². The van der Waals surface area contributed by atoms with Crippen molar-refractivity contribution in [1.82, 2.24) is 5.32 Å². The van der Waals surface area contributed by atoms with Crippen molar-refractivity contribution < 1.29 is 4.79 Å². The quantitative estimate of drug-likeness (QED) is 0.685. The Balaban J connectivity index is 2.08. The van der Waals surface area contributed by atoms with Gasteiger partial charge in [-0.2, -0.15) is 11.8 Å². The van der Waals surface area contributed by atoms with Gasteiger partial charge in [-0.25, -0.2) is 0 Å². The molecule has 0 radical (unpaired) electrons. The van der Waals surface area contributed by atoms with Gasteiger partial charge in [-0.15, -0.1) is 0 Å². The third-order valence-corrected chi connectivity index (χ3v) is 3.87. The maximum absolute atomic E-state index is 11.6. The molecule has 0 aromatic carbocycles. The fourth-order valence-electron chi connectivity index (χ4n) is 2.02. The van der Waals surface area contributed by atoms with Crippen LogP contribution in [-0.2, 0) is 4.79 Å². The summed E-state index contributed by atoms with van der Waals surface area (Å²) in [6.45, 7) is 0. The van der Waals surface area contributed by atoms with E-state index in [0.29, 0.717) is 12.0 Å². The zero-order valence-electron chi connectivity index (χ0n) is 8.58. The molecule has 0 aliphatic heterocycles. The minimum Gasteiger partial charge on any atom is -0.368 e. The molecule has 0 spiro atoms. The standard InChI is InChI=1S/C10H18N2OS/c1-14-6-10(9(11)13,7-2-3-7)12-8-4-5-8/h7-8,12H,2-6H2,1H3,(H2,11,13). The van der Waals surface area contributed by atoms with Gasteiger partial charge in [-0.05, 0) is 37.9 Å². The molecule has 3 nitrogen and oxygen atoms in total. The number of hydrogen-bond donors (Lipinski definition) is 2. The van der Waals surface area contributed by atoms with E-state index < -0.39 is 5.54 Å². The zero-order chi connectivity index (χ0) is 10.2. The highest BCUT2D eigenvalue weighted by molar-refractivity contribution is 7.98. The van der Waals surface area contributed by atoms with Crippen LogP contribution in [0.3, 0.4) is 0 Å². The Morgan fingerprint density at radius 2 is 2.14 bits per heavy atom. The van der Waals surface area contributed by atoms with E-state index in [1.165, 1.54) is 12.8 Å². The summed E-state index contributed by atoms with van der Waals surface area (Å²) in [6.07, 6.45) is 6.76. The van der Waals surface area contributed by atoms with E-state index in [-0.39, 0.29) is 5.91 Å². The van der Waals surface area contributed by atoms with Crippen LogP contribution in [-0.4, -0.2) is 29.5 Å². The van der Waals surface area contributed by atoms with Crippen molar-refractivity contribution in [2.24, 2.45) is 11.7 Å². The number of hydrogen-bond acceptors (Lipinski definition) is 3. The molecule has 0 aromatic rings. The molecule has 0 bridgehead atoms. The molecule has 1 amide bonds. The second-order valence-electron chi connectivity index (χ2n) is 4.46. The summed E-state index contributed by atoms with van der Waals surface area (Å²) >= 11 is 1.71. The van der Waals surface area contributed by atoms with Gasteiger partial charge in [-0.3, -0.25) is 10.1 Å². The van der Waals surface area contributed by atoms with Gasteiger partial charge in [-0.1, -0.05) is 0 Å². The van der Waals surface area contributed by atoms with Crippen LogP contribution in [0.2, 0.25) is 0 Å². The van der Waals surface area contributed by atoms with E-state index in [2.05, 4.69) is 5.32 Å². The molecule has 0 saturated heterocycles. The number of carbonyl (C=O) groups is 1. The average molecular weight is 214 g/mol. The number of nitrogens with one attached hydrogen (secondary N) is 1. The summed E-state index contributed by atoms with van der Waals surface area (Å²) in [6, 6.07) is 0.551. The first-order chi connectivity index (χ1) is 6.69. The van der Waals surface area contributed by atoms with Crippen LogP contribution >= 0.6 is 11.8 Å². The van der Waals surface area contributed by atoms with E-state index in [4.69, 9.17) is 5.73 Å². The molecule has 1 unspecified atom stereocenters. The lowest BCUT2D eigenvalue weighted by atomic mass is 9.94. The van der Waals surface area contributed by atoms with Crippen molar-refractivity contribution in [2.45, 2.75) is 37.3 Å². The van der Waals surface area contributed by atoms with Crippen molar-refractivity contribution in [3.8, 4) is 0 Å². The van der Waals surface area contributed by atoms with Gasteiger partial charge in [0, 0.05) is 11.8 Å². The Labute approximate surface area is 89.2 Å². The average Bonchev–Trinajstić information content (AvgIpc) is 2.98. The summed E-state index contributed by atoms with van der Waals surface area (Å²) < 4.78 is 0. The summed E-state index contributed by atoms with van der Waals surface area (Å²) in [5, 5.41) is 3.47. The van der Waals surface area contributed by atoms with Crippen LogP contribution in [0.5, 0.6) is 0 Å². The molecule has 2 rings (SSSR count). The van der Waals surface area contributed by atoms with E-state index >= 15 is 0 Å². The molecular formula is C10H18N2OS. The normalized spacial score (nSPS) is 25.8. The molecular weight excluding hydrogens is 196 g/mol. The number of nitrogens with two attached hydrogens (primary N) is 1. The topological polar surface area (TPSA) is 55.1 Å². The molecule has 4 heteroatoms. The summed E-state index contributed by atoms with van der Waals surface area (Å²) in [7, 11) is 0. The fourth-order valence-corrected chi connectivity index (χ4v) is 2.93. The van der Waals surface area contributed by atoms with Gasteiger partial charge in [0.2, 0.25) is 5.91 Å². The molecule has 80 valence electrons. The summed E-state index contributed by atoms with van der Waals surface area (Å²) in [5.41, 5.74) is 5.16. The number of carbonyl (C=O) groups excluding carboxylic acids is 1. The highest BCUT2D eigenvalue weighted by Crippen LogP contribution is 2.42. The number of amides is 1. The van der Waals surface area contributed by atoms with Gasteiger partial charge in [0.05, 0.1) is 0 Å². The Bertz CT molecular complexity index is 238. The van der Waals surface area contributed by atoms with Crippen molar-refractivity contribution in [2.75, 3.05) is 12.0 Å². The largest absolute Gasteiger partial charge is 0.368 e. The maximum atomic E-state index is 11.6. The van der Waals surface area contributed by atoms with Crippen LogP contribution in [0.15, 0.2) is 0 Å². The van der Waals surface area contributed by atoms with E-state index in [1.807, 2.05) is 6.26 Å². The fraction of sp³-hybridized carbons (Fsp3) is 0.900. The van der Waals surface area contributed by atoms with Gasteiger partial charge < -0.3 is 5.73 Å². The third-order valence-electron chi connectivity index (χ3n) is 3.13. The lowest BCUT2D eigenvalue weighted by Crippen LogP contribution is -2.60. The predicted molar refractivity (Wildman–Crippen MR) is 59.2 cm³/mol. The van der Waals surface area contributed by atoms with Crippen LogP contribution in [0.1, 0.15) is 25.7 Å². The van der Waals surface area contributed by atoms with Crippen LogP contribution in [0.4, 0.5) is 0 Å². The van der Waals surface area contributed by atoms with E-state index in [0.717, 1.165) is 18.6 Å². The Morgan fingerprint density at radius 1 is 1.50 bits per heavy atom. The van der Waals surface area contributed by atoms with Crippen LogP contribution < -0.4 is 11.1 Å². The number of thioether (sulfide) groups is 1. The van der Waals surface area contributed by atoms with Gasteiger partial charge in [0.1, 0.15) is 5.54 Å². The first kappa shape index (κ1) is 10.3. The predicted octanol–water partition coefficient (Wildman–Crippen LogP) is 0.735. The smallest absolute Gasteiger partial charge is 0.238 e. The van der Waals surface area contributed by atoms with Crippen LogP contribution in [0.25, 0.3) is 0 Å². The summed E-state index contributed by atoms with van der Waals surface area (Å²) in [4.78, 5) is 11.6. The molecule has 2 aliphatic carbocycles. The number of primary amides is 1. The highest BCUT2D eigenvalue weighted by atomic mass is 32.2. The Hall–Kier alpha value is -0.220. The maximum Gasteiger partial charge on any atom is 0.238 e. The molecule has 2 saturated carbocycles. The van der Waals surface area contributed by atoms with Crippen molar-refractivity contribution in [3.63, 3.8) is 0 Å². The molecule has 2 fully saturated rings.